The Hall–Kier alpha value is -1.85. The third-order valence-electron chi connectivity index (χ3n) is 4.32. The molecule has 116 valence electrons. The lowest BCUT2D eigenvalue weighted by Crippen LogP contribution is -2.46. The van der Waals surface area contributed by atoms with E-state index < -0.39 is 5.97 Å². The van der Waals surface area contributed by atoms with Gasteiger partial charge in [0.25, 0.3) is 0 Å². The summed E-state index contributed by atoms with van der Waals surface area (Å²) in [7, 11) is 0. The van der Waals surface area contributed by atoms with Crippen LogP contribution in [-0.2, 0) is 16.0 Å². The number of aromatic nitrogens is 1. The van der Waals surface area contributed by atoms with Crippen LogP contribution in [0.4, 0.5) is 0 Å². The molecule has 1 amide bonds. The van der Waals surface area contributed by atoms with Crippen molar-refractivity contribution in [1.82, 2.24) is 10.1 Å². The van der Waals surface area contributed by atoms with E-state index in [0.717, 1.165) is 17.0 Å². The standard InChI is InChI=1S/C15H22N2O4/c1-9-8-12(15(19)20)6-7-17(9)14(18)5-4-13-10(2)16-21-11(13)3/h9,12H,4-8H2,1-3H3,(H,19,20). The summed E-state index contributed by atoms with van der Waals surface area (Å²) >= 11 is 0. The van der Waals surface area contributed by atoms with Crippen LogP contribution in [0.25, 0.3) is 0 Å². The van der Waals surface area contributed by atoms with E-state index in [1.807, 2.05) is 20.8 Å². The maximum Gasteiger partial charge on any atom is 0.306 e. The average Bonchev–Trinajstić information content (AvgIpc) is 2.75. The van der Waals surface area contributed by atoms with E-state index in [4.69, 9.17) is 9.63 Å². The first kappa shape index (κ1) is 15.5. The number of piperidine rings is 1. The Kier molecular flexibility index (Phi) is 4.65. The van der Waals surface area contributed by atoms with Crippen molar-refractivity contribution in [2.75, 3.05) is 6.54 Å². The van der Waals surface area contributed by atoms with E-state index in [0.29, 0.717) is 32.2 Å². The molecule has 1 aromatic heterocycles. The highest BCUT2D eigenvalue weighted by molar-refractivity contribution is 5.77. The number of likely N-dealkylation sites (tertiary alicyclic amines) is 1. The van der Waals surface area contributed by atoms with Crippen LogP contribution in [0.1, 0.15) is 43.2 Å². The van der Waals surface area contributed by atoms with Crippen LogP contribution in [0.3, 0.4) is 0 Å². The lowest BCUT2D eigenvalue weighted by molar-refractivity contribution is -0.147. The normalized spacial score (nSPS) is 22.3. The number of carbonyl (C=O) groups is 2. The zero-order valence-electron chi connectivity index (χ0n) is 12.8. The number of aryl methyl sites for hydroxylation is 2. The minimum absolute atomic E-state index is 0.0166. The van der Waals surface area contributed by atoms with Gasteiger partial charge in [0.15, 0.2) is 0 Å². The third kappa shape index (κ3) is 3.43. The fourth-order valence-corrected chi connectivity index (χ4v) is 3.00. The van der Waals surface area contributed by atoms with Gasteiger partial charge in [0.2, 0.25) is 5.91 Å². The predicted octanol–water partition coefficient (Wildman–Crippen LogP) is 1.94. The molecule has 0 saturated carbocycles. The van der Waals surface area contributed by atoms with Crippen molar-refractivity contribution in [3.8, 4) is 0 Å². The number of carboxylic acid groups (broad SMARTS) is 1. The summed E-state index contributed by atoms with van der Waals surface area (Å²) in [6.45, 7) is 6.17. The highest BCUT2D eigenvalue weighted by atomic mass is 16.5. The lowest BCUT2D eigenvalue weighted by Gasteiger charge is -2.36. The second kappa shape index (κ2) is 6.28. The quantitative estimate of drug-likeness (QED) is 0.917. The van der Waals surface area contributed by atoms with Gasteiger partial charge in [0.05, 0.1) is 11.6 Å². The Bertz CT molecular complexity index is 518. The van der Waals surface area contributed by atoms with Gasteiger partial charge in [-0.05, 0) is 40.0 Å². The molecule has 1 saturated heterocycles. The highest BCUT2D eigenvalue weighted by Crippen LogP contribution is 2.24. The number of amides is 1. The molecule has 0 bridgehead atoms. The van der Waals surface area contributed by atoms with Gasteiger partial charge in [0.1, 0.15) is 5.76 Å². The molecule has 1 fully saturated rings. The van der Waals surface area contributed by atoms with Crippen LogP contribution in [0.5, 0.6) is 0 Å². The van der Waals surface area contributed by atoms with Crippen LogP contribution >= 0.6 is 0 Å². The largest absolute Gasteiger partial charge is 0.481 e. The van der Waals surface area contributed by atoms with Gasteiger partial charge < -0.3 is 14.5 Å². The molecule has 6 nitrogen and oxygen atoms in total. The number of carboxylic acids is 1. The van der Waals surface area contributed by atoms with E-state index in [-0.39, 0.29) is 17.9 Å². The highest BCUT2D eigenvalue weighted by Gasteiger charge is 2.32. The molecule has 1 aromatic rings. The minimum Gasteiger partial charge on any atom is -0.481 e. The van der Waals surface area contributed by atoms with Crippen molar-refractivity contribution in [2.45, 2.75) is 52.5 Å². The first-order valence-corrected chi connectivity index (χ1v) is 7.34. The van der Waals surface area contributed by atoms with Gasteiger partial charge in [-0.25, -0.2) is 0 Å². The van der Waals surface area contributed by atoms with Crippen LogP contribution in [-0.4, -0.2) is 39.6 Å². The summed E-state index contributed by atoms with van der Waals surface area (Å²) in [5, 5.41) is 12.9. The van der Waals surface area contributed by atoms with Crippen LogP contribution in [0.15, 0.2) is 4.52 Å². The Morgan fingerprint density at radius 1 is 1.43 bits per heavy atom. The zero-order valence-corrected chi connectivity index (χ0v) is 12.8. The maximum atomic E-state index is 12.3. The second-order valence-corrected chi connectivity index (χ2v) is 5.80. The average molecular weight is 294 g/mol. The number of hydrogen-bond donors (Lipinski definition) is 1. The second-order valence-electron chi connectivity index (χ2n) is 5.80. The monoisotopic (exact) mass is 294 g/mol. The van der Waals surface area contributed by atoms with Crippen LogP contribution < -0.4 is 0 Å². The molecule has 0 aromatic carbocycles. The topological polar surface area (TPSA) is 83.6 Å². The van der Waals surface area contributed by atoms with Crippen molar-refractivity contribution in [3.63, 3.8) is 0 Å². The molecule has 2 atom stereocenters. The van der Waals surface area contributed by atoms with Gasteiger partial charge >= 0.3 is 5.97 Å². The summed E-state index contributed by atoms with van der Waals surface area (Å²) in [5.41, 5.74) is 1.83. The third-order valence-corrected chi connectivity index (χ3v) is 4.32. The van der Waals surface area contributed by atoms with Gasteiger partial charge in [-0.2, -0.15) is 0 Å². The summed E-state index contributed by atoms with van der Waals surface area (Å²) in [6, 6.07) is -0.0166. The van der Waals surface area contributed by atoms with Gasteiger partial charge in [-0.3, -0.25) is 9.59 Å². The number of hydrogen-bond acceptors (Lipinski definition) is 4. The smallest absolute Gasteiger partial charge is 0.306 e. The SMILES string of the molecule is Cc1noc(C)c1CCC(=O)N1CCC(C(=O)O)CC1C. The predicted molar refractivity (Wildman–Crippen MR) is 75.8 cm³/mol. The lowest BCUT2D eigenvalue weighted by atomic mass is 9.91. The fourth-order valence-electron chi connectivity index (χ4n) is 3.00. The molecular formula is C15H22N2O4. The molecule has 0 radical (unpaired) electrons. The van der Waals surface area contributed by atoms with Crippen molar-refractivity contribution < 1.29 is 19.2 Å². The Morgan fingerprint density at radius 3 is 2.67 bits per heavy atom. The Labute approximate surface area is 124 Å². The maximum absolute atomic E-state index is 12.3. The van der Waals surface area contributed by atoms with E-state index in [1.165, 1.54) is 0 Å². The minimum atomic E-state index is -0.760. The summed E-state index contributed by atoms with van der Waals surface area (Å²) < 4.78 is 5.09. The van der Waals surface area contributed by atoms with Crippen molar-refractivity contribution >= 4 is 11.9 Å². The van der Waals surface area contributed by atoms with Crippen LogP contribution in [0, 0.1) is 19.8 Å². The molecule has 2 rings (SSSR count). The first-order valence-electron chi connectivity index (χ1n) is 7.34. The first-order chi connectivity index (χ1) is 9.90. The number of aliphatic carboxylic acids is 1. The molecular weight excluding hydrogens is 272 g/mol. The Morgan fingerprint density at radius 2 is 2.14 bits per heavy atom. The zero-order chi connectivity index (χ0) is 15.6. The van der Waals surface area contributed by atoms with E-state index in [9.17, 15) is 9.59 Å². The fraction of sp³-hybridized carbons (Fsp3) is 0.667. The van der Waals surface area contributed by atoms with Crippen LogP contribution in [0.2, 0.25) is 0 Å². The molecule has 2 unspecified atom stereocenters. The molecule has 1 aliphatic rings. The summed E-state index contributed by atoms with van der Waals surface area (Å²) in [5.74, 6) is -0.249. The number of nitrogens with zero attached hydrogens (tertiary/aromatic N) is 2. The number of carbonyl (C=O) groups excluding carboxylic acids is 1. The molecule has 0 aliphatic carbocycles. The van der Waals surface area contributed by atoms with Crippen molar-refractivity contribution in [2.24, 2.45) is 5.92 Å². The molecule has 2 heterocycles. The van der Waals surface area contributed by atoms with Gasteiger partial charge in [-0.1, -0.05) is 5.16 Å². The van der Waals surface area contributed by atoms with Gasteiger partial charge in [0, 0.05) is 24.6 Å². The van der Waals surface area contributed by atoms with Gasteiger partial charge in [-0.15, -0.1) is 0 Å². The molecule has 1 N–H and O–H groups in total. The van der Waals surface area contributed by atoms with E-state index in [1.54, 1.807) is 4.90 Å². The summed E-state index contributed by atoms with van der Waals surface area (Å²) in [4.78, 5) is 25.1. The molecule has 6 heteroatoms. The van der Waals surface area contributed by atoms with E-state index >= 15 is 0 Å². The summed E-state index contributed by atoms with van der Waals surface area (Å²) in [6.07, 6.45) is 2.10. The molecule has 21 heavy (non-hydrogen) atoms. The van der Waals surface area contributed by atoms with Crippen molar-refractivity contribution in [1.29, 1.82) is 0 Å². The molecule has 1 aliphatic heterocycles. The van der Waals surface area contributed by atoms with E-state index in [2.05, 4.69) is 5.16 Å². The van der Waals surface area contributed by atoms with Crippen molar-refractivity contribution in [3.05, 3.63) is 17.0 Å². The molecule has 0 spiro atoms. The number of rotatable bonds is 4. The Balaban J connectivity index is 1.91.